The van der Waals surface area contributed by atoms with E-state index < -0.39 is 6.10 Å². The fourth-order valence-electron chi connectivity index (χ4n) is 1.38. The zero-order valence-electron chi connectivity index (χ0n) is 7.95. The first-order valence-electron chi connectivity index (χ1n) is 4.49. The number of aliphatic hydroxyl groups is 1. The third-order valence-corrected chi connectivity index (χ3v) is 2.52. The maximum atomic E-state index is 11.2. The van der Waals surface area contributed by atoms with Gasteiger partial charge in [0.2, 0.25) is 0 Å². The van der Waals surface area contributed by atoms with Crippen LogP contribution in [0.3, 0.4) is 0 Å². The Balaban J connectivity index is 2.30. The van der Waals surface area contributed by atoms with Crippen molar-refractivity contribution in [2.45, 2.75) is 26.9 Å². The molecule has 1 fully saturated rings. The second-order valence-corrected chi connectivity index (χ2v) is 3.92. The van der Waals surface area contributed by atoms with E-state index in [2.05, 4.69) is 13.8 Å². The van der Waals surface area contributed by atoms with Crippen LogP contribution in [0.2, 0.25) is 0 Å². The number of likely N-dealkylation sites (tertiary alicyclic amines) is 1. The molecule has 3 heteroatoms. The number of amides is 1. The molecule has 1 saturated heterocycles. The first-order valence-corrected chi connectivity index (χ1v) is 4.49. The van der Waals surface area contributed by atoms with Gasteiger partial charge >= 0.3 is 0 Å². The van der Waals surface area contributed by atoms with Crippen molar-refractivity contribution in [3.63, 3.8) is 0 Å². The maximum absolute atomic E-state index is 11.2. The van der Waals surface area contributed by atoms with Crippen LogP contribution < -0.4 is 0 Å². The minimum atomic E-state index is -0.835. The average Bonchev–Trinajstić information content (AvgIpc) is 1.82. The molecule has 0 bridgehead atoms. The summed E-state index contributed by atoms with van der Waals surface area (Å²) in [6.45, 7) is 7.48. The number of hydrogen-bond donors (Lipinski definition) is 1. The third-order valence-electron chi connectivity index (χ3n) is 2.52. The van der Waals surface area contributed by atoms with Gasteiger partial charge in [0.1, 0.15) is 6.10 Å². The van der Waals surface area contributed by atoms with E-state index in [9.17, 15) is 4.79 Å². The molecule has 1 rings (SSSR count). The Labute approximate surface area is 73.4 Å². The van der Waals surface area contributed by atoms with Gasteiger partial charge in [-0.3, -0.25) is 4.79 Å². The first-order chi connectivity index (χ1) is 5.52. The Bertz CT molecular complexity index is 171. The first kappa shape index (κ1) is 9.52. The van der Waals surface area contributed by atoms with Gasteiger partial charge < -0.3 is 10.0 Å². The van der Waals surface area contributed by atoms with Crippen LogP contribution in [0.25, 0.3) is 0 Å². The Hall–Kier alpha value is -0.570. The summed E-state index contributed by atoms with van der Waals surface area (Å²) in [4.78, 5) is 12.9. The smallest absolute Gasteiger partial charge is 0.251 e. The summed E-state index contributed by atoms with van der Waals surface area (Å²) >= 11 is 0. The van der Waals surface area contributed by atoms with Crippen LogP contribution in [0.4, 0.5) is 0 Å². The van der Waals surface area contributed by atoms with Gasteiger partial charge in [-0.2, -0.15) is 0 Å². The van der Waals surface area contributed by atoms with Crippen LogP contribution in [-0.4, -0.2) is 35.1 Å². The molecule has 0 saturated carbocycles. The standard InChI is InChI=1S/C9H17NO2/c1-6(2)8-4-10(5-8)9(12)7(3)11/h6-8,11H,4-5H2,1-3H3. The quantitative estimate of drug-likeness (QED) is 0.656. The Morgan fingerprint density at radius 1 is 1.42 bits per heavy atom. The lowest BCUT2D eigenvalue weighted by atomic mass is 9.88. The highest BCUT2D eigenvalue weighted by molar-refractivity contribution is 5.80. The van der Waals surface area contributed by atoms with Gasteiger partial charge in [-0.1, -0.05) is 13.8 Å². The summed E-state index contributed by atoms with van der Waals surface area (Å²) in [5, 5.41) is 8.99. The van der Waals surface area contributed by atoms with Crippen molar-refractivity contribution in [1.82, 2.24) is 4.90 Å². The predicted molar refractivity (Wildman–Crippen MR) is 46.6 cm³/mol. The molecule has 1 unspecified atom stereocenters. The van der Waals surface area contributed by atoms with Crippen LogP contribution in [0, 0.1) is 11.8 Å². The van der Waals surface area contributed by atoms with E-state index in [-0.39, 0.29) is 5.91 Å². The highest BCUT2D eigenvalue weighted by atomic mass is 16.3. The lowest BCUT2D eigenvalue weighted by Crippen LogP contribution is -2.54. The molecule has 0 aromatic carbocycles. The van der Waals surface area contributed by atoms with Crippen molar-refractivity contribution >= 4 is 5.91 Å². The fraction of sp³-hybridized carbons (Fsp3) is 0.889. The third kappa shape index (κ3) is 1.78. The number of carbonyl (C=O) groups is 1. The molecule has 0 radical (unpaired) electrons. The molecular weight excluding hydrogens is 154 g/mol. The van der Waals surface area contributed by atoms with Gasteiger partial charge in [-0.15, -0.1) is 0 Å². The zero-order chi connectivity index (χ0) is 9.30. The number of aliphatic hydroxyl groups excluding tert-OH is 1. The SMILES string of the molecule is CC(O)C(=O)N1CC(C(C)C)C1. The number of hydrogen-bond acceptors (Lipinski definition) is 2. The van der Waals surface area contributed by atoms with E-state index >= 15 is 0 Å². The second kappa shape index (κ2) is 3.44. The monoisotopic (exact) mass is 171 g/mol. The summed E-state index contributed by atoms with van der Waals surface area (Å²) in [6.07, 6.45) is -0.835. The van der Waals surface area contributed by atoms with Gasteiger partial charge in [-0.05, 0) is 18.8 Å². The van der Waals surface area contributed by atoms with Crippen molar-refractivity contribution < 1.29 is 9.90 Å². The molecule has 1 N–H and O–H groups in total. The number of carbonyl (C=O) groups excluding carboxylic acids is 1. The lowest BCUT2D eigenvalue weighted by Gasteiger charge is -2.42. The largest absolute Gasteiger partial charge is 0.384 e. The van der Waals surface area contributed by atoms with Crippen molar-refractivity contribution in [2.24, 2.45) is 11.8 Å². The van der Waals surface area contributed by atoms with E-state index in [4.69, 9.17) is 5.11 Å². The van der Waals surface area contributed by atoms with Gasteiger partial charge in [0.25, 0.3) is 5.91 Å². The molecule has 1 atom stereocenters. The highest BCUT2D eigenvalue weighted by Crippen LogP contribution is 2.23. The maximum Gasteiger partial charge on any atom is 0.251 e. The van der Waals surface area contributed by atoms with Crippen LogP contribution in [-0.2, 0) is 4.79 Å². The molecule has 12 heavy (non-hydrogen) atoms. The minimum absolute atomic E-state index is 0.132. The van der Waals surface area contributed by atoms with Crippen molar-refractivity contribution in [2.75, 3.05) is 13.1 Å². The summed E-state index contributed by atoms with van der Waals surface area (Å²) in [7, 11) is 0. The van der Waals surface area contributed by atoms with Gasteiger partial charge in [0, 0.05) is 13.1 Å². The molecule has 1 amide bonds. The Kier molecular flexibility index (Phi) is 2.73. The number of rotatable bonds is 2. The fourth-order valence-corrected chi connectivity index (χ4v) is 1.38. The Morgan fingerprint density at radius 2 is 1.92 bits per heavy atom. The molecule has 0 spiro atoms. The molecule has 0 aliphatic carbocycles. The summed E-state index contributed by atoms with van der Waals surface area (Å²) in [6, 6.07) is 0. The van der Waals surface area contributed by atoms with Gasteiger partial charge in [-0.25, -0.2) is 0 Å². The minimum Gasteiger partial charge on any atom is -0.384 e. The van der Waals surface area contributed by atoms with Crippen molar-refractivity contribution in [3.05, 3.63) is 0 Å². The summed E-state index contributed by atoms with van der Waals surface area (Å²) < 4.78 is 0. The molecule has 70 valence electrons. The Morgan fingerprint density at radius 3 is 2.25 bits per heavy atom. The van der Waals surface area contributed by atoms with Crippen LogP contribution >= 0.6 is 0 Å². The molecule has 1 aliphatic heterocycles. The molecular formula is C9H17NO2. The molecule has 0 aromatic heterocycles. The lowest BCUT2D eigenvalue weighted by molar-refractivity contribution is -0.146. The molecule has 0 aromatic rings. The average molecular weight is 171 g/mol. The number of nitrogens with zero attached hydrogens (tertiary/aromatic N) is 1. The van der Waals surface area contributed by atoms with Gasteiger partial charge in [0.05, 0.1) is 0 Å². The molecule has 1 heterocycles. The summed E-state index contributed by atoms with van der Waals surface area (Å²) in [5.41, 5.74) is 0. The van der Waals surface area contributed by atoms with Crippen LogP contribution in [0.15, 0.2) is 0 Å². The van der Waals surface area contributed by atoms with E-state index in [0.717, 1.165) is 13.1 Å². The van der Waals surface area contributed by atoms with Crippen LogP contribution in [0.5, 0.6) is 0 Å². The van der Waals surface area contributed by atoms with E-state index in [1.807, 2.05) is 0 Å². The molecule has 3 nitrogen and oxygen atoms in total. The van der Waals surface area contributed by atoms with Crippen molar-refractivity contribution in [3.8, 4) is 0 Å². The normalized spacial score (nSPS) is 20.9. The van der Waals surface area contributed by atoms with Crippen LogP contribution in [0.1, 0.15) is 20.8 Å². The van der Waals surface area contributed by atoms with Gasteiger partial charge in [0.15, 0.2) is 0 Å². The van der Waals surface area contributed by atoms with Crippen molar-refractivity contribution in [1.29, 1.82) is 0 Å². The topological polar surface area (TPSA) is 40.5 Å². The van der Waals surface area contributed by atoms with E-state index in [1.54, 1.807) is 4.90 Å². The summed E-state index contributed by atoms with van der Waals surface area (Å²) in [5.74, 6) is 1.14. The second-order valence-electron chi connectivity index (χ2n) is 3.92. The van der Waals surface area contributed by atoms with E-state index in [1.165, 1.54) is 6.92 Å². The van der Waals surface area contributed by atoms with E-state index in [0.29, 0.717) is 11.8 Å². The molecule has 1 aliphatic rings. The zero-order valence-corrected chi connectivity index (χ0v) is 7.95. The highest BCUT2D eigenvalue weighted by Gasteiger charge is 2.33. The predicted octanol–water partition coefficient (Wildman–Crippen LogP) is 0.482.